The Morgan fingerprint density at radius 2 is 2.21 bits per heavy atom. The summed E-state index contributed by atoms with van der Waals surface area (Å²) in [4.78, 5) is 32.5. The minimum Gasteiger partial charge on any atom is -0.481 e. The first-order valence-corrected chi connectivity index (χ1v) is 7.56. The van der Waals surface area contributed by atoms with Crippen LogP contribution in [0.15, 0.2) is 40.5 Å². The number of nitrogens with zero attached hydrogens (tertiary/aromatic N) is 3. The summed E-state index contributed by atoms with van der Waals surface area (Å²) in [6.07, 6.45) is 4.00. The second kappa shape index (κ2) is 8.02. The normalized spacial score (nSPS) is 19.2. The van der Waals surface area contributed by atoms with Gasteiger partial charge in [-0.25, -0.2) is 0 Å². The zero-order valence-corrected chi connectivity index (χ0v) is 13.0. The smallest absolute Gasteiger partial charge is 0.305 e. The van der Waals surface area contributed by atoms with E-state index in [2.05, 4.69) is 15.5 Å². The molecule has 0 saturated carbocycles. The van der Waals surface area contributed by atoms with Crippen molar-refractivity contribution in [2.45, 2.75) is 11.7 Å². The van der Waals surface area contributed by atoms with Crippen LogP contribution >= 0.6 is 11.8 Å². The van der Waals surface area contributed by atoms with Gasteiger partial charge in [-0.2, -0.15) is 5.10 Å². The minimum atomic E-state index is -1.07. The maximum absolute atomic E-state index is 11.5. The van der Waals surface area contributed by atoms with Crippen molar-refractivity contribution >= 4 is 46.8 Å². The molecule has 24 heavy (non-hydrogen) atoms. The van der Waals surface area contributed by atoms with Gasteiger partial charge in [0.25, 0.3) is 5.69 Å². The van der Waals surface area contributed by atoms with Crippen molar-refractivity contribution in [2.24, 2.45) is 10.2 Å². The number of carbonyl (C=O) groups excluding carboxylic acids is 1. The molecule has 10 heteroatoms. The lowest BCUT2D eigenvalue weighted by Gasteiger charge is -1.97. The molecule has 1 atom stereocenters. The molecule has 0 radical (unpaired) electrons. The van der Waals surface area contributed by atoms with Gasteiger partial charge >= 0.3 is 5.97 Å². The topological polar surface area (TPSA) is 134 Å². The summed E-state index contributed by atoms with van der Waals surface area (Å²) >= 11 is 0.989. The van der Waals surface area contributed by atoms with Crippen LogP contribution in [0, 0.1) is 10.1 Å². The van der Waals surface area contributed by atoms with E-state index in [9.17, 15) is 19.7 Å². The molecule has 0 aromatic heterocycles. The molecule has 0 spiro atoms. The highest BCUT2D eigenvalue weighted by atomic mass is 32.2. The quantitative estimate of drug-likeness (QED) is 0.456. The summed E-state index contributed by atoms with van der Waals surface area (Å²) < 4.78 is 0. The molecule has 1 amide bonds. The van der Waals surface area contributed by atoms with Gasteiger partial charge in [-0.15, -0.1) is 5.10 Å². The number of hydrogen-bond donors (Lipinski definition) is 2. The summed E-state index contributed by atoms with van der Waals surface area (Å²) in [5, 5.41) is 28.9. The largest absolute Gasteiger partial charge is 0.481 e. The second-order valence-electron chi connectivity index (χ2n) is 4.54. The van der Waals surface area contributed by atoms with Gasteiger partial charge in [0.2, 0.25) is 5.91 Å². The maximum atomic E-state index is 11.5. The summed E-state index contributed by atoms with van der Waals surface area (Å²) in [5.41, 5.74) is 0.398. The van der Waals surface area contributed by atoms with Gasteiger partial charge in [0.1, 0.15) is 5.25 Å². The molecule has 0 aliphatic carbocycles. The third-order valence-corrected chi connectivity index (χ3v) is 3.92. The van der Waals surface area contributed by atoms with Crippen molar-refractivity contribution in [3.8, 4) is 0 Å². The molecule has 1 aliphatic rings. The second-order valence-corrected chi connectivity index (χ2v) is 5.73. The van der Waals surface area contributed by atoms with E-state index in [0.717, 1.165) is 11.8 Å². The third kappa shape index (κ3) is 4.74. The first-order chi connectivity index (χ1) is 11.5. The molecule has 0 bridgehead atoms. The fourth-order valence-corrected chi connectivity index (χ4v) is 2.73. The standard InChI is InChI=1S/C14H12N4O5S/c19-12(20)8-11-13(21)16-14(24-11)17-15-7-3-5-9-4-1-2-6-10(9)18(22)23/h1-7,11H,8H2,(H,19,20)(H,16,17,21)/b5-3+,15-7+. The van der Waals surface area contributed by atoms with Crippen molar-refractivity contribution in [3.05, 3.63) is 46.0 Å². The molecule has 9 nitrogen and oxygen atoms in total. The van der Waals surface area contributed by atoms with E-state index in [1.165, 1.54) is 24.4 Å². The first kappa shape index (κ1) is 17.3. The molecule has 2 N–H and O–H groups in total. The average molecular weight is 348 g/mol. The number of aliphatic carboxylic acids is 1. The zero-order valence-electron chi connectivity index (χ0n) is 12.2. The Morgan fingerprint density at radius 1 is 1.46 bits per heavy atom. The van der Waals surface area contributed by atoms with Crippen LogP contribution in [-0.2, 0) is 9.59 Å². The van der Waals surface area contributed by atoms with Crippen molar-refractivity contribution in [2.75, 3.05) is 0 Å². The Labute approximate surface area is 140 Å². The summed E-state index contributed by atoms with van der Waals surface area (Å²) in [6.45, 7) is 0. The fourth-order valence-electron chi connectivity index (χ4n) is 1.81. The van der Waals surface area contributed by atoms with E-state index >= 15 is 0 Å². The average Bonchev–Trinajstić information content (AvgIpc) is 2.86. The first-order valence-electron chi connectivity index (χ1n) is 6.68. The van der Waals surface area contributed by atoms with Crippen molar-refractivity contribution in [1.29, 1.82) is 0 Å². The number of para-hydroxylation sites is 1. The van der Waals surface area contributed by atoms with Crippen LogP contribution in [0.3, 0.4) is 0 Å². The van der Waals surface area contributed by atoms with Crippen molar-refractivity contribution in [1.82, 2.24) is 5.32 Å². The number of allylic oxidation sites excluding steroid dienone is 1. The molecule has 1 aromatic rings. The number of carboxylic acids is 1. The maximum Gasteiger partial charge on any atom is 0.305 e. The van der Waals surface area contributed by atoms with Crippen LogP contribution in [0.2, 0.25) is 0 Å². The molecule has 2 rings (SSSR count). The zero-order chi connectivity index (χ0) is 17.5. The van der Waals surface area contributed by atoms with E-state index in [-0.39, 0.29) is 17.3 Å². The highest BCUT2D eigenvalue weighted by Crippen LogP contribution is 2.22. The van der Waals surface area contributed by atoms with E-state index in [4.69, 9.17) is 5.11 Å². The molecule has 1 unspecified atom stereocenters. The van der Waals surface area contributed by atoms with Crippen molar-refractivity contribution < 1.29 is 19.6 Å². The van der Waals surface area contributed by atoms with Crippen LogP contribution in [-0.4, -0.2) is 38.5 Å². The van der Waals surface area contributed by atoms with Gasteiger partial charge in [0, 0.05) is 12.3 Å². The Morgan fingerprint density at radius 3 is 2.92 bits per heavy atom. The van der Waals surface area contributed by atoms with Gasteiger partial charge in [-0.05, 0) is 18.2 Å². The molecule has 1 aromatic carbocycles. The number of carboxylic acid groups (broad SMARTS) is 1. The number of nitro groups is 1. The molecule has 1 saturated heterocycles. The van der Waals surface area contributed by atoms with Crippen molar-refractivity contribution in [3.63, 3.8) is 0 Å². The number of benzene rings is 1. The Kier molecular flexibility index (Phi) is 5.79. The van der Waals surface area contributed by atoms with Crippen LogP contribution in [0.5, 0.6) is 0 Å². The lowest BCUT2D eigenvalue weighted by atomic mass is 10.2. The molecule has 1 aliphatic heterocycles. The Hall–Kier alpha value is -3.01. The third-order valence-electron chi connectivity index (χ3n) is 2.85. The Balaban J connectivity index is 1.97. The SMILES string of the molecule is O=C(O)CC1S\C(=N/N=C/C=C/c2ccccc2[N+](=O)[O-])NC1=O. The highest BCUT2D eigenvalue weighted by Gasteiger charge is 2.32. The monoisotopic (exact) mass is 348 g/mol. The van der Waals surface area contributed by atoms with Crippen LogP contribution in [0.4, 0.5) is 5.69 Å². The molecular formula is C14H12N4O5S. The number of amidine groups is 1. The Bertz CT molecular complexity index is 759. The number of carbonyl (C=O) groups is 2. The van der Waals surface area contributed by atoms with E-state index in [1.807, 2.05) is 0 Å². The predicted molar refractivity (Wildman–Crippen MR) is 89.8 cm³/mol. The number of amides is 1. The minimum absolute atomic E-state index is 0.0245. The molecular weight excluding hydrogens is 336 g/mol. The number of hydrogen-bond acceptors (Lipinski definition) is 7. The van der Waals surface area contributed by atoms with Gasteiger partial charge in [0.05, 0.1) is 16.9 Å². The van der Waals surface area contributed by atoms with Crippen LogP contribution in [0.25, 0.3) is 6.08 Å². The lowest BCUT2D eigenvalue weighted by molar-refractivity contribution is -0.385. The van der Waals surface area contributed by atoms with Gasteiger partial charge in [0.15, 0.2) is 5.17 Å². The summed E-state index contributed by atoms with van der Waals surface area (Å²) in [7, 11) is 0. The summed E-state index contributed by atoms with van der Waals surface area (Å²) in [5.74, 6) is -1.49. The number of thioether (sulfide) groups is 1. The summed E-state index contributed by atoms with van der Waals surface area (Å²) in [6, 6.07) is 6.24. The van der Waals surface area contributed by atoms with E-state index in [0.29, 0.717) is 5.56 Å². The van der Waals surface area contributed by atoms with Crippen LogP contribution < -0.4 is 5.32 Å². The lowest BCUT2D eigenvalue weighted by Crippen LogP contribution is -2.26. The molecule has 1 fully saturated rings. The van der Waals surface area contributed by atoms with E-state index < -0.39 is 22.0 Å². The predicted octanol–water partition coefficient (Wildman–Crippen LogP) is 1.66. The highest BCUT2D eigenvalue weighted by molar-refractivity contribution is 8.15. The van der Waals surface area contributed by atoms with Crippen LogP contribution in [0.1, 0.15) is 12.0 Å². The molecule has 124 valence electrons. The van der Waals surface area contributed by atoms with Gasteiger partial charge in [-0.3, -0.25) is 19.7 Å². The number of nitrogens with one attached hydrogen (secondary N) is 1. The van der Waals surface area contributed by atoms with Gasteiger partial charge in [-0.1, -0.05) is 23.9 Å². The molecule has 1 heterocycles. The van der Waals surface area contributed by atoms with Gasteiger partial charge < -0.3 is 10.4 Å². The number of nitro benzene ring substituents is 1. The van der Waals surface area contributed by atoms with E-state index in [1.54, 1.807) is 18.2 Å². The number of rotatable bonds is 6. The fraction of sp³-hybridized carbons (Fsp3) is 0.143.